The smallest absolute Gasteiger partial charge is 0.207 e. The number of unbranched alkanes of at least 4 members (excludes halogenated alkanes) is 3. The van der Waals surface area contributed by atoms with Crippen molar-refractivity contribution in [1.29, 1.82) is 0 Å². The van der Waals surface area contributed by atoms with E-state index in [4.69, 9.17) is 5.21 Å². The van der Waals surface area contributed by atoms with Crippen LogP contribution < -0.4 is 10.8 Å². The van der Waals surface area contributed by atoms with Gasteiger partial charge in [-0.3, -0.25) is 4.79 Å². The molecular weight excluding hydrogens is 144 g/mol. The summed E-state index contributed by atoms with van der Waals surface area (Å²) >= 11 is 0. The third-order valence-corrected chi connectivity index (χ3v) is 1.44. The number of carbonyl (C=O) groups is 1. The first kappa shape index (κ1) is 10.4. The van der Waals surface area contributed by atoms with Crippen LogP contribution >= 0.6 is 0 Å². The molecule has 0 aromatic heterocycles. The quantitative estimate of drug-likeness (QED) is 0.271. The van der Waals surface area contributed by atoms with Crippen molar-refractivity contribution in [1.82, 2.24) is 10.8 Å². The van der Waals surface area contributed by atoms with Gasteiger partial charge in [0, 0.05) is 13.1 Å². The van der Waals surface area contributed by atoms with Gasteiger partial charge in [0.05, 0.1) is 0 Å². The van der Waals surface area contributed by atoms with Gasteiger partial charge in [-0.05, 0) is 12.8 Å². The lowest BCUT2D eigenvalue weighted by Crippen LogP contribution is -2.12. The molecule has 0 bridgehead atoms. The molecule has 0 fully saturated rings. The number of hydroxylamine groups is 1. The van der Waals surface area contributed by atoms with Crippen LogP contribution in [0.3, 0.4) is 0 Å². The Morgan fingerprint density at radius 1 is 1.09 bits per heavy atom. The van der Waals surface area contributed by atoms with Crippen molar-refractivity contribution >= 4 is 6.41 Å². The molecule has 0 radical (unpaired) electrons. The summed E-state index contributed by atoms with van der Waals surface area (Å²) in [5.74, 6) is 0. The van der Waals surface area contributed by atoms with E-state index < -0.39 is 0 Å². The molecule has 0 saturated heterocycles. The number of hydrogen-bond acceptors (Lipinski definition) is 3. The lowest BCUT2D eigenvalue weighted by atomic mass is 10.2. The molecule has 0 aromatic rings. The third kappa shape index (κ3) is 9.39. The first-order valence-corrected chi connectivity index (χ1v) is 3.96. The van der Waals surface area contributed by atoms with Gasteiger partial charge < -0.3 is 10.5 Å². The Bertz CT molecular complexity index is 88.5. The molecule has 66 valence electrons. The fourth-order valence-electron chi connectivity index (χ4n) is 0.844. The van der Waals surface area contributed by atoms with E-state index in [0.717, 1.165) is 38.6 Å². The second-order valence-corrected chi connectivity index (χ2v) is 2.39. The Hall–Kier alpha value is -0.610. The van der Waals surface area contributed by atoms with Crippen molar-refractivity contribution in [2.75, 3.05) is 13.1 Å². The van der Waals surface area contributed by atoms with Gasteiger partial charge in [0.2, 0.25) is 6.41 Å². The van der Waals surface area contributed by atoms with Crippen LogP contribution in [0.2, 0.25) is 0 Å². The monoisotopic (exact) mass is 160 g/mol. The van der Waals surface area contributed by atoms with Crippen molar-refractivity contribution in [2.45, 2.75) is 25.7 Å². The van der Waals surface area contributed by atoms with Gasteiger partial charge in [-0.2, -0.15) is 0 Å². The minimum absolute atomic E-state index is 0.654. The van der Waals surface area contributed by atoms with Crippen molar-refractivity contribution < 1.29 is 10.0 Å². The fourth-order valence-corrected chi connectivity index (χ4v) is 0.844. The number of amides is 1. The maximum absolute atomic E-state index is 9.79. The largest absolute Gasteiger partial charge is 0.359 e. The van der Waals surface area contributed by atoms with Gasteiger partial charge in [0.25, 0.3) is 0 Å². The molecule has 11 heavy (non-hydrogen) atoms. The predicted octanol–water partition coefficient (Wildman–Crippen LogP) is 0.272. The Kier molecular flexibility index (Phi) is 8.87. The van der Waals surface area contributed by atoms with Crippen LogP contribution in [0.1, 0.15) is 25.7 Å². The van der Waals surface area contributed by atoms with E-state index in [-0.39, 0.29) is 0 Å². The van der Waals surface area contributed by atoms with Crippen LogP contribution in [0.5, 0.6) is 0 Å². The first-order chi connectivity index (χ1) is 5.41. The van der Waals surface area contributed by atoms with E-state index in [1.807, 2.05) is 0 Å². The van der Waals surface area contributed by atoms with Crippen LogP contribution in [-0.2, 0) is 4.79 Å². The SMILES string of the molecule is O=CNCCCCCCNO. The molecule has 0 atom stereocenters. The average Bonchev–Trinajstić information content (AvgIpc) is 2.03. The average molecular weight is 160 g/mol. The molecule has 0 aliphatic rings. The first-order valence-electron chi connectivity index (χ1n) is 3.96. The lowest BCUT2D eigenvalue weighted by Gasteiger charge is -1.99. The second kappa shape index (κ2) is 9.39. The van der Waals surface area contributed by atoms with Crippen LogP contribution in [0.4, 0.5) is 0 Å². The van der Waals surface area contributed by atoms with Gasteiger partial charge in [0.1, 0.15) is 0 Å². The second-order valence-electron chi connectivity index (χ2n) is 2.39. The summed E-state index contributed by atoms with van der Waals surface area (Å²) in [5, 5.41) is 10.8. The van der Waals surface area contributed by atoms with E-state index in [0.29, 0.717) is 6.54 Å². The van der Waals surface area contributed by atoms with E-state index in [9.17, 15) is 4.79 Å². The summed E-state index contributed by atoms with van der Waals surface area (Å²) in [5.41, 5.74) is 2.10. The van der Waals surface area contributed by atoms with Crippen molar-refractivity contribution in [3.05, 3.63) is 0 Å². The molecule has 4 nitrogen and oxygen atoms in total. The van der Waals surface area contributed by atoms with Crippen molar-refractivity contribution in [3.63, 3.8) is 0 Å². The Labute approximate surface area is 66.9 Å². The molecule has 3 N–H and O–H groups in total. The zero-order valence-corrected chi connectivity index (χ0v) is 6.68. The summed E-state index contributed by atoms with van der Waals surface area (Å²) in [6.45, 7) is 1.41. The Morgan fingerprint density at radius 3 is 2.27 bits per heavy atom. The van der Waals surface area contributed by atoms with Crippen LogP contribution in [-0.4, -0.2) is 24.7 Å². The topological polar surface area (TPSA) is 61.4 Å². The fraction of sp³-hybridized carbons (Fsp3) is 0.857. The van der Waals surface area contributed by atoms with Crippen LogP contribution in [0.25, 0.3) is 0 Å². The molecule has 0 heterocycles. The number of nitrogens with one attached hydrogen (secondary N) is 2. The van der Waals surface area contributed by atoms with Crippen LogP contribution in [0.15, 0.2) is 0 Å². The van der Waals surface area contributed by atoms with Gasteiger partial charge in [-0.1, -0.05) is 12.8 Å². The van der Waals surface area contributed by atoms with Gasteiger partial charge in [-0.25, -0.2) is 5.48 Å². The summed E-state index contributed by atoms with van der Waals surface area (Å²) in [4.78, 5) is 9.79. The molecular formula is C7H16N2O2. The van der Waals surface area contributed by atoms with Crippen molar-refractivity contribution in [2.24, 2.45) is 0 Å². The maximum Gasteiger partial charge on any atom is 0.207 e. The van der Waals surface area contributed by atoms with E-state index >= 15 is 0 Å². The highest BCUT2D eigenvalue weighted by molar-refractivity contribution is 5.45. The summed E-state index contributed by atoms with van der Waals surface area (Å²) in [6, 6.07) is 0. The molecule has 0 aromatic carbocycles. The number of carbonyl (C=O) groups excluding carboxylic acids is 1. The van der Waals surface area contributed by atoms with Crippen molar-refractivity contribution in [3.8, 4) is 0 Å². The van der Waals surface area contributed by atoms with E-state index in [1.165, 1.54) is 0 Å². The number of rotatable bonds is 8. The molecule has 0 unspecified atom stereocenters. The molecule has 4 heteroatoms. The number of hydrogen-bond donors (Lipinski definition) is 3. The van der Waals surface area contributed by atoms with Crippen LogP contribution in [0, 0.1) is 0 Å². The van der Waals surface area contributed by atoms with E-state index in [2.05, 4.69) is 10.8 Å². The summed E-state index contributed by atoms with van der Waals surface area (Å²) < 4.78 is 0. The van der Waals surface area contributed by atoms with Gasteiger partial charge in [-0.15, -0.1) is 0 Å². The summed E-state index contributed by atoms with van der Waals surface area (Å²) in [7, 11) is 0. The highest BCUT2D eigenvalue weighted by Crippen LogP contribution is 1.96. The molecule has 1 amide bonds. The van der Waals surface area contributed by atoms with Gasteiger partial charge >= 0.3 is 0 Å². The molecule has 0 saturated carbocycles. The minimum atomic E-state index is 0.654. The predicted molar refractivity (Wildman–Crippen MR) is 42.3 cm³/mol. The zero-order chi connectivity index (χ0) is 8.36. The normalized spacial score (nSPS) is 9.55. The van der Waals surface area contributed by atoms with Gasteiger partial charge in [0.15, 0.2) is 0 Å². The minimum Gasteiger partial charge on any atom is -0.359 e. The molecule has 0 rings (SSSR count). The molecule has 0 aliphatic carbocycles. The lowest BCUT2D eigenvalue weighted by molar-refractivity contribution is -0.109. The third-order valence-electron chi connectivity index (χ3n) is 1.44. The zero-order valence-electron chi connectivity index (χ0n) is 6.68. The Morgan fingerprint density at radius 2 is 1.73 bits per heavy atom. The Balaban J connectivity index is 2.74. The molecule has 0 aliphatic heterocycles. The highest BCUT2D eigenvalue weighted by atomic mass is 16.5. The summed E-state index contributed by atoms with van der Waals surface area (Å²) in [6.07, 6.45) is 4.91. The van der Waals surface area contributed by atoms with E-state index in [1.54, 1.807) is 0 Å². The molecule has 0 spiro atoms. The standard InChI is InChI=1S/C7H16N2O2/c10-7-8-5-3-1-2-4-6-9-11/h7,9,11H,1-6H2,(H,8,10). The highest BCUT2D eigenvalue weighted by Gasteiger charge is 1.88. The maximum atomic E-state index is 9.79.